The summed E-state index contributed by atoms with van der Waals surface area (Å²) in [5, 5.41) is 6.40. The number of imidazole rings is 1. The van der Waals surface area contributed by atoms with E-state index in [-0.39, 0.29) is 24.3 Å². The summed E-state index contributed by atoms with van der Waals surface area (Å²) in [5.41, 5.74) is 7.88. The van der Waals surface area contributed by atoms with Gasteiger partial charge in [0.25, 0.3) is 5.91 Å². The minimum atomic E-state index is -0.385. The first kappa shape index (κ1) is 18.2. The Kier molecular flexibility index (Phi) is 4.87. The van der Waals surface area contributed by atoms with Gasteiger partial charge in [0.1, 0.15) is 0 Å². The van der Waals surface area contributed by atoms with Crippen molar-refractivity contribution in [1.29, 1.82) is 0 Å². The summed E-state index contributed by atoms with van der Waals surface area (Å²) in [6, 6.07) is 5.60. The summed E-state index contributed by atoms with van der Waals surface area (Å²) in [6.07, 6.45) is 7.39. The fraction of sp³-hybridized carbons (Fsp3) is 0.263. The van der Waals surface area contributed by atoms with Crippen molar-refractivity contribution in [2.75, 3.05) is 11.9 Å². The van der Waals surface area contributed by atoms with Gasteiger partial charge in [-0.25, -0.2) is 9.97 Å². The van der Waals surface area contributed by atoms with E-state index in [4.69, 9.17) is 17.3 Å². The Morgan fingerprint density at radius 2 is 2.11 bits per heavy atom. The van der Waals surface area contributed by atoms with Gasteiger partial charge >= 0.3 is 0 Å². The van der Waals surface area contributed by atoms with Crippen molar-refractivity contribution in [2.45, 2.75) is 25.3 Å². The largest absolute Gasteiger partial charge is 0.370 e. The molecule has 0 bridgehead atoms. The van der Waals surface area contributed by atoms with Crippen LogP contribution in [0.4, 0.5) is 5.82 Å². The average molecular weight is 399 g/mol. The van der Waals surface area contributed by atoms with Crippen LogP contribution in [0.15, 0.2) is 36.8 Å². The lowest BCUT2D eigenvalue weighted by Gasteiger charge is -2.09. The third-order valence-corrected chi connectivity index (χ3v) is 4.83. The van der Waals surface area contributed by atoms with E-state index in [1.165, 1.54) is 0 Å². The number of nitrogens with zero attached hydrogens (tertiary/aromatic N) is 3. The molecule has 1 aromatic carbocycles. The highest BCUT2D eigenvalue weighted by Crippen LogP contribution is 2.28. The van der Waals surface area contributed by atoms with Gasteiger partial charge in [0, 0.05) is 37.0 Å². The molecule has 0 atom stereocenters. The van der Waals surface area contributed by atoms with Gasteiger partial charge in [-0.2, -0.15) is 0 Å². The monoisotopic (exact) mass is 398 g/mol. The molecular formula is C19H19ClN6O2. The minimum absolute atomic E-state index is 0.151. The first-order valence-electron chi connectivity index (χ1n) is 8.98. The van der Waals surface area contributed by atoms with Crippen LogP contribution in [0.3, 0.4) is 0 Å². The molecule has 1 aliphatic carbocycles. The lowest BCUT2D eigenvalue weighted by molar-refractivity contribution is -0.117. The predicted octanol–water partition coefficient (Wildman–Crippen LogP) is 2.23. The molecule has 0 aliphatic heterocycles. The highest BCUT2D eigenvalue weighted by atomic mass is 35.5. The Morgan fingerprint density at radius 3 is 2.82 bits per heavy atom. The molecule has 9 heteroatoms. The Hall–Kier alpha value is -3.13. The standard InChI is InChI=1S/C19H19ClN6O2/c20-14-9-11(1-4-13(14)19(28)25-12-2-3-12)15-10-24-18-17(22-6-5-16(21)27)23-7-8-26(15)18/h1,4,7-10,12H,2-3,5-6H2,(H2,21,27)(H,22,23)(H,25,28). The molecule has 0 radical (unpaired) electrons. The molecule has 2 heterocycles. The fourth-order valence-corrected chi connectivity index (χ4v) is 3.18. The maximum atomic E-state index is 12.3. The zero-order valence-electron chi connectivity index (χ0n) is 15.0. The van der Waals surface area contributed by atoms with Crippen molar-refractivity contribution in [3.63, 3.8) is 0 Å². The molecule has 1 aliphatic rings. The Balaban J connectivity index is 1.61. The van der Waals surface area contributed by atoms with Gasteiger partial charge in [0.05, 0.1) is 22.5 Å². The van der Waals surface area contributed by atoms with E-state index >= 15 is 0 Å². The maximum Gasteiger partial charge on any atom is 0.253 e. The number of hydrogen-bond donors (Lipinski definition) is 3. The van der Waals surface area contributed by atoms with Crippen LogP contribution in [0.2, 0.25) is 5.02 Å². The molecule has 144 valence electrons. The van der Waals surface area contributed by atoms with E-state index in [2.05, 4.69) is 20.6 Å². The highest BCUT2D eigenvalue weighted by Gasteiger charge is 2.25. The molecule has 4 N–H and O–H groups in total. The van der Waals surface area contributed by atoms with E-state index in [9.17, 15) is 9.59 Å². The molecule has 0 unspecified atom stereocenters. The summed E-state index contributed by atoms with van der Waals surface area (Å²) in [6.45, 7) is 0.376. The molecule has 8 nitrogen and oxygen atoms in total. The number of hydrogen-bond acceptors (Lipinski definition) is 5. The first-order chi connectivity index (χ1) is 13.5. The van der Waals surface area contributed by atoms with Crippen LogP contribution in [0.1, 0.15) is 29.6 Å². The second kappa shape index (κ2) is 7.47. The van der Waals surface area contributed by atoms with Crippen LogP contribution in [0, 0.1) is 0 Å². The number of carbonyl (C=O) groups excluding carboxylic acids is 2. The van der Waals surface area contributed by atoms with E-state index in [1.807, 2.05) is 10.5 Å². The van der Waals surface area contributed by atoms with Gasteiger partial charge in [-0.1, -0.05) is 17.7 Å². The van der Waals surface area contributed by atoms with Crippen LogP contribution in [-0.2, 0) is 4.79 Å². The number of carbonyl (C=O) groups is 2. The zero-order valence-corrected chi connectivity index (χ0v) is 15.7. The van der Waals surface area contributed by atoms with Crippen molar-refractivity contribution >= 4 is 34.9 Å². The molecule has 3 aromatic rings. The lowest BCUT2D eigenvalue weighted by Crippen LogP contribution is -2.25. The summed E-state index contributed by atoms with van der Waals surface area (Å²) in [7, 11) is 0. The number of anilines is 1. The number of fused-ring (bicyclic) bond motifs is 1. The number of amides is 2. The molecule has 2 amide bonds. The molecular weight excluding hydrogens is 380 g/mol. The van der Waals surface area contributed by atoms with Gasteiger partial charge in [0.15, 0.2) is 11.5 Å². The molecule has 2 aromatic heterocycles. The van der Waals surface area contributed by atoms with E-state index in [0.29, 0.717) is 28.6 Å². The molecule has 0 spiro atoms. The van der Waals surface area contributed by atoms with E-state index in [0.717, 1.165) is 24.1 Å². The summed E-state index contributed by atoms with van der Waals surface area (Å²) >= 11 is 6.37. The van der Waals surface area contributed by atoms with E-state index in [1.54, 1.807) is 30.7 Å². The van der Waals surface area contributed by atoms with Crippen LogP contribution in [0.5, 0.6) is 0 Å². The van der Waals surface area contributed by atoms with Crippen LogP contribution >= 0.6 is 11.6 Å². The summed E-state index contributed by atoms with van der Waals surface area (Å²) in [4.78, 5) is 31.9. The van der Waals surface area contributed by atoms with Gasteiger partial charge in [-0.3, -0.25) is 14.0 Å². The van der Waals surface area contributed by atoms with Gasteiger partial charge < -0.3 is 16.4 Å². The quantitative estimate of drug-likeness (QED) is 0.564. The average Bonchev–Trinajstić information content (AvgIpc) is 3.36. The van der Waals surface area contributed by atoms with E-state index < -0.39 is 0 Å². The number of nitrogens with one attached hydrogen (secondary N) is 2. The number of primary amides is 1. The SMILES string of the molecule is NC(=O)CCNc1nccn2c(-c3ccc(C(=O)NC4CC4)c(Cl)c3)cnc12. The lowest BCUT2D eigenvalue weighted by atomic mass is 10.1. The van der Waals surface area contributed by atoms with Crippen molar-refractivity contribution in [2.24, 2.45) is 5.73 Å². The van der Waals surface area contributed by atoms with Crippen molar-refractivity contribution in [3.05, 3.63) is 47.4 Å². The predicted molar refractivity (Wildman–Crippen MR) is 106 cm³/mol. The minimum Gasteiger partial charge on any atom is -0.370 e. The third kappa shape index (κ3) is 3.77. The topological polar surface area (TPSA) is 114 Å². The maximum absolute atomic E-state index is 12.3. The number of nitrogens with two attached hydrogens (primary N) is 1. The number of halogens is 1. The van der Waals surface area contributed by atoms with Crippen LogP contribution in [-0.4, -0.2) is 38.8 Å². The smallest absolute Gasteiger partial charge is 0.253 e. The fourth-order valence-electron chi connectivity index (χ4n) is 2.91. The number of rotatable bonds is 7. The molecule has 1 saturated carbocycles. The van der Waals surface area contributed by atoms with Crippen molar-refractivity contribution < 1.29 is 9.59 Å². The van der Waals surface area contributed by atoms with Crippen LogP contribution in [0.25, 0.3) is 16.9 Å². The Bertz CT molecular complexity index is 1060. The highest BCUT2D eigenvalue weighted by molar-refractivity contribution is 6.34. The number of aromatic nitrogens is 3. The second-order valence-electron chi connectivity index (χ2n) is 6.70. The summed E-state index contributed by atoms with van der Waals surface area (Å²) < 4.78 is 1.87. The third-order valence-electron chi connectivity index (χ3n) is 4.51. The van der Waals surface area contributed by atoms with Crippen molar-refractivity contribution in [1.82, 2.24) is 19.7 Å². The summed E-state index contributed by atoms with van der Waals surface area (Å²) in [5.74, 6) is 0.0211. The second-order valence-corrected chi connectivity index (χ2v) is 7.11. The van der Waals surface area contributed by atoms with Crippen LogP contribution < -0.4 is 16.4 Å². The Labute approximate surface area is 166 Å². The van der Waals surface area contributed by atoms with Gasteiger partial charge in [-0.05, 0) is 25.0 Å². The first-order valence-corrected chi connectivity index (χ1v) is 9.36. The van der Waals surface area contributed by atoms with Crippen molar-refractivity contribution in [3.8, 4) is 11.3 Å². The molecule has 0 saturated heterocycles. The number of benzene rings is 1. The van der Waals surface area contributed by atoms with Gasteiger partial charge in [-0.15, -0.1) is 0 Å². The molecule has 1 fully saturated rings. The zero-order chi connectivity index (χ0) is 19.7. The molecule has 4 rings (SSSR count). The Morgan fingerprint density at radius 1 is 1.29 bits per heavy atom. The van der Waals surface area contributed by atoms with Gasteiger partial charge in [0.2, 0.25) is 5.91 Å². The molecule has 28 heavy (non-hydrogen) atoms. The normalized spacial score (nSPS) is 13.5.